The van der Waals surface area contributed by atoms with Crippen LogP contribution in [0.15, 0.2) is 0 Å². The van der Waals surface area contributed by atoms with Crippen molar-refractivity contribution in [1.82, 2.24) is 10.2 Å². The maximum absolute atomic E-state index is 11.8. The van der Waals surface area contributed by atoms with Crippen molar-refractivity contribution >= 4 is 11.8 Å². The highest BCUT2D eigenvalue weighted by atomic mass is 16.2. The van der Waals surface area contributed by atoms with E-state index in [4.69, 9.17) is 0 Å². The minimum absolute atomic E-state index is 0.0225. The number of carbonyl (C=O) groups is 2. The predicted molar refractivity (Wildman–Crippen MR) is 60.7 cm³/mol. The third-order valence-corrected chi connectivity index (χ3v) is 3.49. The largest absolute Gasteiger partial charge is 0.316 e. The van der Waals surface area contributed by atoms with Gasteiger partial charge in [0.05, 0.1) is 0 Å². The van der Waals surface area contributed by atoms with E-state index in [1.807, 2.05) is 6.92 Å². The molecule has 0 aromatic rings. The van der Waals surface area contributed by atoms with E-state index < -0.39 is 0 Å². The summed E-state index contributed by atoms with van der Waals surface area (Å²) in [5, 5.41) is 3.31. The Labute approximate surface area is 96.4 Å². The van der Waals surface area contributed by atoms with Gasteiger partial charge in [0, 0.05) is 19.4 Å². The van der Waals surface area contributed by atoms with Gasteiger partial charge in [-0.2, -0.15) is 0 Å². The lowest BCUT2D eigenvalue weighted by Crippen LogP contribution is -2.47. The SMILES string of the molecule is CC1CC(=O)N(CC2CCCNC2)C(=O)C1. The summed E-state index contributed by atoms with van der Waals surface area (Å²) >= 11 is 0. The number of hydrogen-bond donors (Lipinski definition) is 1. The number of piperidine rings is 2. The summed E-state index contributed by atoms with van der Waals surface area (Å²) < 4.78 is 0. The molecule has 0 spiro atoms. The van der Waals surface area contributed by atoms with Crippen molar-refractivity contribution in [1.29, 1.82) is 0 Å². The molecule has 2 rings (SSSR count). The van der Waals surface area contributed by atoms with Crippen LogP contribution in [0.5, 0.6) is 0 Å². The number of rotatable bonds is 2. The van der Waals surface area contributed by atoms with Crippen molar-refractivity contribution in [2.24, 2.45) is 11.8 Å². The van der Waals surface area contributed by atoms with Crippen molar-refractivity contribution in [3.05, 3.63) is 0 Å². The third-order valence-electron chi connectivity index (χ3n) is 3.49. The van der Waals surface area contributed by atoms with Crippen LogP contribution in [0.25, 0.3) is 0 Å². The summed E-state index contributed by atoms with van der Waals surface area (Å²) in [6.07, 6.45) is 3.34. The molecule has 2 heterocycles. The quantitative estimate of drug-likeness (QED) is 0.705. The van der Waals surface area contributed by atoms with Gasteiger partial charge >= 0.3 is 0 Å². The molecule has 2 aliphatic rings. The predicted octanol–water partition coefficient (Wildman–Crippen LogP) is 0.771. The second-order valence-electron chi connectivity index (χ2n) is 5.12. The molecule has 4 heteroatoms. The van der Waals surface area contributed by atoms with Crippen LogP contribution in [0.3, 0.4) is 0 Å². The van der Waals surface area contributed by atoms with Gasteiger partial charge in [0.25, 0.3) is 0 Å². The molecule has 2 saturated heterocycles. The van der Waals surface area contributed by atoms with Crippen LogP contribution in [0.1, 0.15) is 32.6 Å². The van der Waals surface area contributed by atoms with E-state index >= 15 is 0 Å². The average molecular weight is 224 g/mol. The van der Waals surface area contributed by atoms with Crippen LogP contribution >= 0.6 is 0 Å². The molecule has 4 nitrogen and oxygen atoms in total. The zero-order valence-electron chi connectivity index (χ0n) is 9.87. The maximum Gasteiger partial charge on any atom is 0.229 e. The van der Waals surface area contributed by atoms with Gasteiger partial charge in [0.15, 0.2) is 0 Å². The summed E-state index contributed by atoms with van der Waals surface area (Å²) in [5.41, 5.74) is 0. The molecule has 0 saturated carbocycles. The molecule has 0 aromatic heterocycles. The van der Waals surface area contributed by atoms with Crippen LogP contribution in [0.2, 0.25) is 0 Å². The zero-order valence-corrected chi connectivity index (χ0v) is 9.87. The number of carbonyl (C=O) groups excluding carboxylic acids is 2. The van der Waals surface area contributed by atoms with Crippen molar-refractivity contribution < 1.29 is 9.59 Å². The fraction of sp³-hybridized carbons (Fsp3) is 0.833. The first-order valence-corrected chi connectivity index (χ1v) is 6.20. The lowest BCUT2D eigenvalue weighted by atomic mass is 9.94. The Hall–Kier alpha value is -0.900. The molecule has 0 aliphatic carbocycles. The second kappa shape index (κ2) is 4.95. The average Bonchev–Trinajstić information content (AvgIpc) is 2.25. The minimum Gasteiger partial charge on any atom is -0.316 e. The summed E-state index contributed by atoms with van der Waals surface area (Å²) in [4.78, 5) is 25.0. The Balaban J connectivity index is 1.92. The highest BCUT2D eigenvalue weighted by Gasteiger charge is 2.31. The number of amides is 2. The number of hydrogen-bond acceptors (Lipinski definition) is 3. The van der Waals surface area contributed by atoms with Crippen LogP contribution in [-0.2, 0) is 9.59 Å². The Morgan fingerprint density at radius 3 is 2.56 bits per heavy atom. The number of likely N-dealkylation sites (tertiary alicyclic amines) is 1. The summed E-state index contributed by atoms with van der Waals surface area (Å²) in [6.45, 7) is 4.59. The number of nitrogens with one attached hydrogen (secondary N) is 1. The summed E-state index contributed by atoms with van der Waals surface area (Å²) in [5.74, 6) is 0.722. The molecule has 16 heavy (non-hydrogen) atoms. The third kappa shape index (κ3) is 2.61. The number of imide groups is 1. The lowest BCUT2D eigenvalue weighted by molar-refractivity contribution is -0.150. The molecule has 1 unspecified atom stereocenters. The Morgan fingerprint density at radius 1 is 1.31 bits per heavy atom. The fourth-order valence-electron chi connectivity index (χ4n) is 2.57. The molecular formula is C12H20N2O2. The monoisotopic (exact) mass is 224 g/mol. The standard InChI is InChI=1S/C12H20N2O2/c1-9-5-11(15)14(12(16)6-9)8-10-3-2-4-13-7-10/h9-10,13H,2-8H2,1H3. The van der Waals surface area contributed by atoms with E-state index in [9.17, 15) is 9.59 Å². The Kier molecular flexibility index (Phi) is 3.59. The van der Waals surface area contributed by atoms with Gasteiger partial charge in [-0.3, -0.25) is 14.5 Å². The molecule has 1 atom stereocenters. The van der Waals surface area contributed by atoms with E-state index in [-0.39, 0.29) is 17.7 Å². The summed E-state index contributed by atoms with van der Waals surface area (Å²) in [7, 11) is 0. The highest BCUT2D eigenvalue weighted by molar-refractivity contribution is 5.97. The van der Waals surface area contributed by atoms with Crippen LogP contribution in [-0.4, -0.2) is 36.3 Å². The van der Waals surface area contributed by atoms with Gasteiger partial charge in [-0.1, -0.05) is 6.92 Å². The van der Waals surface area contributed by atoms with Crippen molar-refractivity contribution in [3.63, 3.8) is 0 Å². The van der Waals surface area contributed by atoms with E-state index in [0.717, 1.165) is 25.9 Å². The van der Waals surface area contributed by atoms with Gasteiger partial charge in [0.2, 0.25) is 11.8 Å². The Morgan fingerprint density at radius 2 is 2.00 bits per heavy atom. The molecule has 2 aliphatic heterocycles. The lowest BCUT2D eigenvalue weighted by Gasteiger charge is -2.32. The normalized spacial score (nSPS) is 28.6. The highest BCUT2D eigenvalue weighted by Crippen LogP contribution is 2.21. The van der Waals surface area contributed by atoms with E-state index in [0.29, 0.717) is 25.3 Å². The second-order valence-corrected chi connectivity index (χ2v) is 5.12. The zero-order chi connectivity index (χ0) is 11.5. The molecular weight excluding hydrogens is 204 g/mol. The smallest absolute Gasteiger partial charge is 0.229 e. The van der Waals surface area contributed by atoms with Crippen LogP contribution < -0.4 is 5.32 Å². The minimum atomic E-state index is 0.0225. The van der Waals surface area contributed by atoms with Crippen LogP contribution in [0.4, 0.5) is 0 Å². The first-order valence-electron chi connectivity index (χ1n) is 6.20. The van der Waals surface area contributed by atoms with Gasteiger partial charge < -0.3 is 5.32 Å². The van der Waals surface area contributed by atoms with Crippen molar-refractivity contribution in [2.75, 3.05) is 19.6 Å². The molecule has 2 fully saturated rings. The fourth-order valence-corrected chi connectivity index (χ4v) is 2.57. The van der Waals surface area contributed by atoms with Gasteiger partial charge in [-0.05, 0) is 37.8 Å². The molecule has 0 bridgehead atoms. The van der Waals surface area contributed by atoms with Crippen LogP contribution in [0, 0.1) is 11.8 Å². The molecule has 1 N–H and O–H groups in total. The molecule has 0 radical (unpaired) electrons. The first kappa shape index (κ1) is 11.6. The van der Waals surface area contributed by atoms with E-state index in [2.05, 4.69) is 5.32 Å². The first-order chi connectivity index (χ1) is 7.66. The van der Waals surface area contributed by atoms with E-state index in [1.165, 1.54) is 4.90 Å². The van der Waals surface area contributed by atoms with E-state index in [1.54, 1.807) is 0 Å². The van der Waals surface area contributed by atoms with Gasteiger partial charge in [-0.15, -0.1) is 0 Å². The number of nitrogens with zero attached hydrogens (tertiary/aromatic N) is 1. The summed E-state index contributed by atoms with van der Waals surface area (Å²) in [6, 6.07) is 0. The molecule has 90 valence electrons. The molecule has 2 amide bonds. The maximum atomic E-state index is 11.8. The van der Waals surface area contributed by atoms with Gasteiger partial charge in [-0.25, -0.2) is 0 Å². The topological polar surface area (TPSA) is 49.4 Å². The van der Waals surface area contributed by atoms with Gasteiger partial charge in [0.1, 0.15) is 0 Å². The van der Waals surface area contributed by atoms with Crippen molar-refractivity contribution in [3.8, 4) is 0 Å². The Bertz CT molecular complexity index is 267. The van der Waals surface area contributed by atoms with Crippen molar-refractivity contribution in [2.45, 2.75) is 32.6 Å². The molecule has 0 aromatic carbocycles.